The number of methoxy groups -OCH3 is 1. The minimum atomic E-state index is -0.454. The average Bonchev–Trinajstić information content (AvgIpc) is 2.81. The molecule has 0 saturated carbocycles. The van der Waals surface area contributed by atoms with Crippen molar-refractivity contribution in [2.24, 2.45) is 0 Å². The van der Waals surface area contributed by atoms with E-state index in [1.165, 1.54) is 13.2 Å². The van der Waals surface area contributed by atoms with Crippen LogP contribution in [-0.4, -0.2) is 23.2 Å². The van der Waals surface area contributed by atoms with E-state index in [4.69, 9.17) is 4.74 Å². The van der Waals surface area contributed by atoms with Crippen molar-refractivity contribution in [1.82, 2.24) is 9.78 Å². The van der Waals surface area contributed by atoms with Gasteiger partial charge in [-0.25, -0.2) is 4.39 Å². The summed E-state index contributed by atoms with van der Waals surface area (Å²) in [5.74, 6) is -0.0888. The standard InChI is InChI=1S/C14H15FN2O2/c1-3-7-17-8-10(9-18)14(16-17)13-11(15)5-4-6-12(13)19-2/h4-6,8-9H,3,7H2,1-2H3. The second-order valence-corrected chi connectivity index (χ2v) is 4.13. The molecule has 0 saturated heterocycles. The zero-order valence-corrected chi connectivity index (χ0v) is 10.9. The molecule has 0 aliphatic heterocycles. The first kappa shape index (κ1) is 13.3. The zero-order chi connectivity index (χ0) is 13.8. The number of benzene rings is 1. The molecule has 2 aromatic rings. The molecule has 1 heterocycles. The van der Waals surface area contributed by atoms with Gasteiger partial charge < -0.3 is 4.74 Å². The SMILES string of the molecule is CCCn1cc(C=O)c(-c2c(F)cccc2OC)n1. The van der Waals surface area contributed by atoms with Gasteiger partial charge in [-0.15, -0.1) is 0 Å². The number of hydrogen-bond acceptors (Lipinski definition) is 3. The molecular weight excluding hydrogens is 247 g/mol. The largest absolute Gasteiger partial charge is 0.496 e. The normalized spacial score (nSPS) is 10.5. The van der Waals surface area contributed by atoms with E-state index in [2.05, 4.69) is 5.10 Å². The second-order valence-electron chi connectivity index (χ2n) is 4.13. The first-order valence-electron chi connectivity index (χ1n) is 6.06. The Labute approximate surface area is 110 Å². The lowest BCUT2D eigenvalue weighted by Crippen LogP contribution is -1.98. The van der Waals surface area contributed by atoms with Gasteiger partial charge in [-0.3, -0.25) is 9.48 Å². The van der Waals surface area contributed by atoms with Crippen molar-refractivity contribution < 1.29 is 13.9 Å². The highest BCUT2D eigenvalue weighted by atomic mass is 19.1. The van der Waals surface area contributed by atoms with Crippen molar-refractivity contribution in [2.75, 3.05) is 7.11 Å². The molecule has 1 aromatic heterocycles. The smallest absolute Gasteiger partial charge is 0.153 e. The van der Waals surface area contributed by atoms with Crippen molar-refractivity contribution in [2.45, 2.75) is 19.9 Å². The van der Waals surface area contributed by atoms with Crippen LogP contribution in [0.15, 0.2) is 24.4 Å². The summed E-state index contributed by atoms with van der Waals surface area (Å²) in [6.07, 6.45) is 3.19. The van der Waals surface area contributed by atoms with Crippen LogP contribution in [-0.2, 0) is 6.54 Å². The fraction of sp³-hybridized carbons (Fsp3) is 0.286. The van der Waals surface area contributed by atoms with Gasteiger partial charge in [0.25, 0.3) is 0 Å². The second kappa shape index (κ2) is 5.65. The molecule has 0 radical (unpaired) electrons. The Hall–Kier alpha value is -2.17. The van der Waals surface area contributed by atoms with Gasteiger partial charge in [0.1, 0.15) is 17.3 Å². The van der Waals surface area contributed by atoms with E-state index < -0.39 is 5.82 Å². The number of carbonyl (C=O) groups is 1. The summed E-state index contributed by atoms with van der Waals surface area (Å²) in [5, 5.41) is 4.28. The van der Waals surface area contributed by atoms with E-state index >= 15 is 0 Å². The summed E-state index contributed by atoms with van der Waals surface area (Å²) >= 11 is 0. The number of carbonyl (C=O) groups excluding carboxylic acids is 1. The Balaban J connectivity index is 2.60. The maximum Gasteiger partial charge on any atom is 0.153 e. The van der Waals surface area contributed by atoms with E-state index in [-0.39, 0.29) is 5.56 Å². The van der Waals surface area contributed by atoms with Crippen LogP contribution in [0.1, 0.15) is 23.7 Å². The summed E-state index contributed by atoms with van der Waals surface area (Å²) < 4.78 is 20.8. The van der Waals surface area contributed by atoms with Crippen LogP contribution in [0.5, 0.6) is 5.75 Å². The van der Waals surface area contributed by atoms with Crippen molar-refractivity contribution in [3.63, 3.8) is 0 Å². The van der Waals surface area contributed by atoms with E-state index in [9.17, 15) is 9.18 Å². The Bertz CT molecular complexity index is 593. The van der Waals surface area contributed by atoms with Gasteiger partial charge in [0, 0.05) is 12.7 Å². The van der Waals surface area contributed by atoms with E-state index in [0.29, 0.717) is 29.8 Å². The maximum atomic E-state index is 14.0. The molecule has 2 rings (SSSR count). The highest BCUT2D eigenvalue weighted by Gasteiger charge is 2.18. The fourth-order valence-electron chi connectivity index (χ4n) is 1.97. The molecule has 0 atom stereocenters. The number of aryl methyl sites for hydroxylation is 1. The molecular formula is C14H15FN2O2. The predicted molar refractivity (Wildman–Crippen MR) is 69.9 cm³/mol. The number of hydrogen-bond donors (Lipinski definition) is 0. The van der Waals surface area contributed by atoms with Gasteiger partial charge in [0.15, 0.2) is 6.29 Å². The van der Waals surface area contributed by atoms with Crippen LogP contribution in [0.4, 0.5) is 4.39 Å². The first-order chi connectivity index (χ1) is 9.21. The van der Waals surface area contributed by atoms with Crippen LogP contribution >= 0.6 is 0 Å². The molecule has 0 N–H and O–H groups in total. The quantitative estimate of drug-likeness (QED) is 0.778. The van der Waals surface area contributed by atoms with Crippen LogP contribution in [0, 0.1) is 5.82 Å². The monoisotopic (exact) mass is 262 g/mol. The molecule has 0 amide bonds. The Morgan fingerprint density at radius 1 is 1.47 bits per heavy atom. The van der Waals surface area contributed by atoms with Gasteiger partial charge in [0.2, 0.25) is 0 Å². The van der Waals surface area contributed by atoms with E-state index in [1.807, 2.05) is 6.92 Å². The third-order valence-electron chi connectivity index (χ3n) is 2.80. The molecule has 100 valence electrons. The number of rotatable bonds is 5. The molecule has 5 heteroatoms. The third kappa shape index (κ3) is 2.50. The third-order valence-corrected chi connectivity index (χ3v) is 2.80. The zero-order valence-electron chi connectivity index (χ0n) is 10.9. The summed E-state index contributed by atoms with van der Waals surface area (Å²) in [7, 11) is 1.46. The molecule has 0 bridgehead atoms. The predicted octanol–water partition coefficient (Wildman–Crippen LogP) is 2.92. The fourth-order valence-corrected chi connectivity index (χ4v) is 1.97. The molecule has 0 aliphatic rings. The highest BCUT2D eigenvalue weighted by molar-refractivity contribution is 5.87. The molecule has 0 spiro atoms. The van der Waals surface area contributed by atoms with Crippen LogP contribution < -0.4 is 4.74 Å². The Morgan fingerprint density at radius 2 is 2.26 bits per heavy atom. The highest BCUT2D eigenvalue weighted by Crippen LogP contribution is 2.33. The van der Waals surface area contributed by atoms with Gasteiger partial charge in [0.05, 0.1) is 18.2 Å². The lowest BCUT2D eigenvalue weighted by atomic mass is 10.1. The number of halogens is 1. The molecule has 0 unspecified atom stereocenters. The minimum Gasteiger partial charge on any atom is -0.496 e. The van der Waals surface area contributed by atoms with Crippen molar-refractivity contribution in [1.29, 1.82) is 0 Å². The number of nitrogens with zero attached hydrogens (tertiary/aromatic N) is 2. The Morgan fingerprint density at radius 3 is 2.89 bits per heavy atom. The van der Waals surface area contributed by atoms with Gasteiger partial charge >= 0.3 is 0 Å². The van der Waals surface area contributed by atoms with Gasteiger partial charge in [-0.1, -0.05) is 13.0 Å². The summed E-state index contributed by atoms with van der Waals surface area (Å²) in [4.78, 5) is 11.1. The summed E-state index contributed by atoms with van der Waals surface area (Å²) in [6.45, 7) is 2.68. The van der Waals surface area contributed by atoms with Gasteiger partial charge in [-0.05, 0) is 18.6 Å². The van der Waals surface area contributed by atoms with Crippen molar-refractivity contribution >= 4 is 6.29 Å². The van der Waals surface area contributed by atoms with Crippen LogP contribution in [0.25, 0.3) is 11.3 Å². The number of ether oxygens (including phenoxy) is 1. The van der Waals surface area contributed by atoms with E-state index in [0.717, 1.165) is 6.42 Å². The first-order valence-corrected chi connectivity index (χ1v) is 6.06. The van der Waals surface area contributed by atoms with Crippen LogP contribution in [0.2, 0.25) is 0 Å². The van der Waals surface area contributed by atoms with Crippen LogP contribution in [0.3, 0.4) is 0 Å². The summed E-state index contributed by atoms with van der Waals surface area (Å²) in [5.41, 5.74) is 0.900. The Kier molecular flexibility index (Phi) is 3.94. The lowest BCUT2D eigenvalue weighted by molar-refractivity contribution is 0.112. The number of aldehydes is 1. The van der Waals surface area contributed by atoms with E-state index in [1.54, 1.807) is 23.0 Å². The van der Waals surface area contributed by atoms with Crippen molar-refractivity contribution in [3.05, 3.63) is 35.8 Å². The minimum absolute atomic E-state index is 0.224. The summed E-state index contributed by atoms with van der Waals surface area (Å²) in [6, 6.07) is 4.53. The molecule has 19 heavy (non-hydrogen) atoms. The topological polar surface area (TPSA) is 44.1 Å². The average molecular weight is 262 g/mol. The van der Waals surface area contributed by atoms with Crippen molar-refractivity contribution in [3.8, 4) is 17.0 Å². The molecule has 0 fully saturated rings. The molecule has 0 aliphatic carbocycles. The maximum absolute atomic E-state index is 14.0. The molecule has 4 nitrogen and oxygen atoms in total. The molecule has 1 aromatic carbocycles. The lowest BCUT2D eigenvalue weighted by Gasteiger charge is -2.07. The number of aromatic nitrogens is 2. The van der Waals surface area contributed by atoms with Gasteiger partial charge in [-0.2, -0.15) is 5.10 Å².